The number of nitrogens with one attached hydrogen (secondary N) is 2. The van der Waals surface area contributed by atoms with Gasteiger partial charge < -0.3 is 15.7 Å². The summed E-state index contributed by atoms with van der Waals surface area (Å²) in [5.74, 6) is -0.753. The summed E-state index contributed by atoms with van der Waals surface area (Å²) in [6.07, 6.45) is 4.70. The molecule has 0 unspecified atom stereocenters. The van der Waals surface area contributed by atoms with Gasteiger partial charge in [0, 0.05) is 11.3 Å². The number of carbonyl (C=O) groups is 2. The molecule has 0 aromatic rings. The number of amides is 2. The summed E-state index contributed by atoms with van der Waals surface area (Å²) >= 11 is 1.76. The first kappa shape index (κ1) is 15.1. The van der Waals surface area contributed by atoms with Gasteiger partial charge in [-0.1, -0.05) is 13.8 Å². The summed E-state index contributed by atoms with van der Waals surface area (Å²) in [6.45, 7) is 4.47. The van der Waals surface area contributed by atoms with Gasteiger partial charge in [0.2, 0.25) is 0 Å². The first-order chi connectivity index (χ1) is 8.38. The van der Waals surface area contributed by atoms with Crippen molar-refractivity contribution < 1.29 is 14.7 Å². The van der Waals surface area contributed by atoms with Gasteiger partial charge in [-0.15, -0.1) is 0 Å². The molecular weight excluding hydrogens is 252 g/mol. The zero-order chi connectivity index (χ0) is 13.8. The molecule has 1 rings (SSSR count). The number of carboxylic acids is 1. The zero-order valence-corrected chi connectivity index (χ0v) is 12.0. The van der Waals surface area contributed by atoms with E-state index in [2.05, 4.69) is 10.6 Å². The summed E-state index contributed by atoms with van der Waals surface area (Å²) in [6, 6.07) is -1.20. The SMILES string of the molecule is CSC1(CNC(=O)N[C@@H](CC(C)C)C(=O)O)CC1. The topological polar surface area (TPSA) is 78.4 Å². The van der Waals surface area contributed by atoms with Crippen molar-refractivity contribution in [3.8, 4) is 0 Å². The largest absolute Gasteiger partial charge is 0.480 e. The Morgan fingerprint density at radius 2 is 2.00 bits per heavy atom. The van der Waals surface area contributed by atoms with Crippen molar-refractivity contribution in [3.05, 3.63) is 0 Å². The van der Waals surface area contributed by atoms with Gasteiger partial charge in [0.1, 0.15) is 6.04 Å². The Kier molecular flexibility index (Phi) is 5.31. The van der Waals surface area contributed by atoms with Gasteiger partial charge in [-0.2, -0.15) is 11.8 Å². The molecule has 0 aliphatic heterocycles. The molecule has 0 aromatic heterocycles. The molecule has 5 nitrogen and oxygen atoms in total. The Bertz CT molecular complexity index is 316. The van der Waals surface area contributed by atoms with Gasteiger partial charge in [0.25, 0.3) is 0 Å². The third kappa shape index (κ3) is 4.76. The molecule has 1 fully saturated rings. The molecule has 0 heterocycles. The number of rotatable bonds is 7. The summed E-state index contributed by atoms with van der Waals surface area (Å²) in [7, 11) is 0. The van der Waals surface area contributed by atoms with Crippen LogP contribution in [0, 0.1) is 5.92 Å². The van der Waals surface area contributed by atoms with Crippen molar-refractivity contribution in [3.63, 3.8) is 0 Å². The van der Waals surface area contributed by atoms with E-state index in [1.165, 1.54) is 0 Å². The lowest BCUT2D eigenvalue weighted by molar-refractivity contribution is -0.139. The summed E-state index contributed by atoms with van der Waals surface area (Å²) in [4.78, 5) is 22.6. The molecule has 0 bridgehead atoms. The number of carboxylic acid groups (broad SMARTS) is 1. The van der Waals surface area contributed by atoms with Crippen LogP contribution in [0.1, 0.15) is 33.1 Å². The fourth-order valence-corrected chi connectivity index (χ4v) is 2.46. The molecule has 0 saturated heterocycles. The predicted octanol–water partition coefficient (Wildman–Crippen LogP) is 1.68. The molecule has 1 aliphatic carbocycles. The van der Waals surface area contributed by atoms with Crippen molar-refractivity contribution in [2.75, 3.05) is 12.8 Å². The van der Waals surface area contributed by atoms with E-state index >= 15 is 0 Å². The fourth-order valence-electron chi connectivity index (χ4n) is 1.74. The van der Waals surface area contributed by atoms with Crippen molar-refractivity contribution in [1.82, 2.24) is 10.6 Å². The third-order valence-electron chi connectivity index (χ3n) is 3.12. The third-order valence-corrected chi connectivity index (χ3v) is 4.54. The minimum Gasteiger partial charge on any atom is -0.480 e. The second kappa shape index (κ2) is 6.31. The van der Waals surface area contributed by atoms with E-state index in [4.69, 9.17) is 5.11 Å². The Balaban J connectivity index is 2.34. The molecule has 2 amide bonds. The molecule has 6 heteroatoms. The van der Waals surface area contributed by atoms with E-state index in [1.54, 1.807) is 11.8 Å². The Morgan fingerprint density at radius 3 is 2.39 bits per heavy atom. The van der Waals surface area contributed by atoms with E-state index in [0.717, 1.165) is 12.8 Å². The van der Waals surface area contributed by atoms with E-state index in [0.29, 0.717) is 13.0 Å². The van der Waals surface area contributed by atoms with Gasteiger partial charge in [0.15, 0.2) is 0 Å². The van der Waals surface area contributed by atoms with Gasteiger partial charge in [-0.25, -0.2) is 9.59 Å². The van der Waals surface area contributed by atoms with Crippen molar-refractivity contribution in [2.24, 2.45) is 5.92 Å². The first-order valence-electron chi connectivity index (χ1n) is 6.21. The van der Waals surface area contributed by atoms with Gasteiger partial charge in [-0.05, 0) is 31.4 Å². The fraction of sp³-hybridized carbons (Fsp3) is 0.833. The van der Waals surface area contributed by atoms with Gasteiger partial charge in [-0.3, -0.25) is 0 Å². The molecule has 1 aliphatic rings. The number of thioether (sulfide) groups is 1. The first-order valence-corrected chi connectivity index (χ1v) is 7.43. The zero-order valence-electron chi connectivity index (χ0n) is 11.2. The van der Waals surface area contributed by atoms with Crippen molar-refractivity contribution in [1.29, 1.82) is 0 Å². The normalized spacial score (nSPS) is 18.2. The average Bonchev–Trinajstić information content (AvgIpc) is 3.05. The van der Waals surface area contributed by atoms with Crippen molar-refractivity contribution in [2.45, 2.75) is 43.9 Å². The van der Waals surface area contributed by atoms with Crippen LogP contribution >= 0.6 is 11.8 Å². The summed E-state index contributed by atoms with van der Waals surface area (Å²) in [5.41, 5.74) is 0. The lowest BCUT2D eigenvalue weighted by Gasteiger charge is -2.18. The van der Waals surface area contributed by atoms with Crippen LogP contribution in [-0.2, 0) is 4.79 Å². The quantitative estimate of drug-likeness (QED) is 0.660. The molecule has 18 heavy (non-hydrogen) atoms. The maximum atomic E-state index is 11.6. The van der Waals surface area contributed by atoms with Crippen LogP contribution < -0.4 is 10.6 Å². The lowest BCUT2D eigenvalue weighted by atomic mass is 10.0. The highest BCUT2D eigenvalue weighted by Gasteiger charge is 2.42. The van der Waals surface area contributed by atoms with Crippen LogP contribution in [0.4, 0.5) is 4.79 Å². The maximum Gasteiger partial charge on any atom is 0.326 e. The summed E-state index contributed by atoms with van der Waals surface area (Å²) < 4.78 is 0.189. The average molecular weight is 274 g/mol. The van der Waals surface area contributed by atoms with E-state index in [1.807, 2.05) is 20.1 Å². The number of urea groups is 1. The number of hydrogen-bond donors (Lipinski definition) is 3. The van der Waals surface area contributed by atoms with E-state index < -0.39 is 12.0 Å². The van der Waals surface area contributed by atoms with Crippen LogP contribution in [0.15, 0.2) is 0 Å². The minimum atomic E-state index is -0.982. The molecule has 0 aromatic carbocycles. The van der Waals surface area contributed by atoms with Crippen molar-refractivity contribution >= 4 is 23.8 Å². The van der Waals surface area contributed by atoms with Gasteiger partial charge >= 0.3 is 12.0 Å². The summed E-state index contributed by atoms with van der Waals surface area (Å²) in [5, 5.41) is 14.3. The predicted molar refractivity (Wildman–Crippen MR) is 72.9 cm³/mol. The smallest absolute Gasteiger partial charge is 0.326 e. The molecule has 1 atom stereocenters. The number of aliphatic carboxylic acids is 1. The molecule has 104 valence electrons. The lowest BCUT2D eigenvalue weighted by Crippen LogP contribution is -2.48. The number of hydrogen-bond acceptors (Lipinski definition) is 3. The Morgan fingerprint density at radius 1 is 1.39 bits per heavy atom. The second-order valence-electron chi connectivity index (χ2n) is 5.23. The molecular formula is C12H22N2O3S. The Labute approximate surface area is 112 Å². The van der Waals surface area contributed by atoms with Crippen LogP contribution in [0.3, 0.4) is 0 Å². The van der Waals surface area contributed by atoms with Gasteiger partial charge in [0.05, 0.1) is 0 Å². The highest BCUT2D eigenvalue weighted by Crippen LogP contribution is 2.46. The minimum absolute atomic E-state index is 0.189. The number of carbonyl (C=O) groups excluding carboxylic acids is 1. The van der Waals surface area contributed by atoms with Crippen LogP contribution in [-0.4, -0.2) is 40.7 Å². The maximum absolute atomic E-state index is 11.6. The highest BCUT2D eigenvalue weighted by atomic mass is 32.2. The van der Waals surface area contributed by atoms with E-state index in [9.17, 15) is 9.59 Å². The molecule has 3 N–H and O–H groups in total. The van der Waals surface area contributed by atoms with E-state index in [-0.39, 0.29) is 16.7 Å². The standard InChI is InChI=1S/C12H22N2O3S/c1-8(2)6-9(10(15)16)14-11(17)13-7-12(18-3)4-5-12/h8-9H,4-7H2,1-3H3,(H,15,16)(H2,13,14,17)/t9-/m0/s1. The molecule has 0 radical (unpaired) electrons. The second-order valence-corrected chi connectivity index (χ2v) is 6.51. The molecule has 0 spiro atoms. The van der Waals surface area contributed by atoms with Crippen LogP contribution in [0.5, 0.6) is 0 Å². The van der Waals surface area contributed by atoms with Crippen LogP contribution in [0.2, 0.25) is 0 Å². The molecule has 1 saturated carbocycles. The monoisotopic (exact) mass is 274 g/mol. The highest BCUT2D eigenvalue weighted by molar-refractivity contribution is 8.00. The van der Waals surface area contributed by atoms with Crippen LogP contribution in [0.25, 0.3) is 0 Å². The Hall–Kier alpha value is -0.910.